The Morgan fingerprint density at radius 1 is 1.26 bits per heavy atom. The molecule has 2 aliphatic carbocycles. The number of hydrogen-bond acceptors (Lipinski definition) is 3. The van der Waals surface area contributed by atoms with E-state index < -0.39 is 10.0 Å². The molecular weight excluding hydrogens is 330 g/mol. The zero-order valence-electron chi connectivity index (χ0n) is 13.4. The zero-order chi connectivity index (χ0) is 16.6. The Morgan fingerprint density at radius 2 is 2.04 bits per heavy atom. The summed E-state index contributed by atoms with van der Waals surface area (Å²) >= 11 is 5.43. The van der Waals surface area contributed by atoms with Gasteiger partial charge in [0.2, 0.25) is 10.0 Å². The quantitative estimate of drug-likeness (QED) is 0.725. The van der Waals surface area contributed by atoms with Crippen LogP contribution < -0.4 is 15.4 Å². The third-order valence-electron chi connectivity index (χ3n) is 5.09. The van der Waals surface area contributed by atoms with E-state index in [4.69, 9.17) is 12.2 Å². The van der Waals surface area contributed by atoms with Gasteiger partial charge in [0.15, 0.2) is 5.11 Å². The Kier molecular flexibility index (Phi) is 4.62. The minimum absolute atomic E-state index is 0.232. The number of nitrogens with one attached hydrogen (secondary N) is 3. The predicted octanol–water partition coefficient (Wildman–Crippen LogP) is 2.38. The molecule has 1 aromatic rings. The minimum Gasteiger partial charge on any atom is -0.359 e. The topological polar surface area (TPSA) is 70.2 Å². The van der Waals surface area contributed by atoms with Gasteiger partial charge in [-0.2, -0.15) is 0 Å². The van der Waals surface area contributed by atoms with Crippen molar-refractivity contribution < 1.29 is 8.42 Å². The lowest BCUT2D eigenvalue weighted by molar-refractivity contribution is 0.392. The molecule has 2 fully saturated rings. The van der Waals surface area contributed by atoms with Gasteiger partial charge < -0.3 is 10.6 Å². The molecule has 0 amide bonds. The van der Waals surface area contributed by atoms with Crippen molar-refractivity contribution in [1.29, 1.82) is 0 Å². The number of hydrogen-bond donors (Lipinski definition) is 3. The van der Waals surface area contributed by atoms with Crippen molar-refractivity contribution in [3.05, 3.63) is 23.8 Å². The van der Waals surface area contributed by atoms with Gasteiger partial charge in [-0.05, 0) is 75.0 Å². The second-order valence-corrected chi connectivity index (χ2v) is 8.86. The van der Waals surface area contributed by atoms with Gasteiger partial charge in [-0.1, -0.05) is 12.5 Å². The molecular formula is C16H23N3O2S2. The van der Waals surface area contributed by atoms with Crippen molar-refractivity contribution in [3.8, 4) is 0 Å². The number of anilines is 1. The summed E-state index contributed by atoms with van der Waals surface area (Å²) in [6.07, 6.45) is 5.15. The summed E-state index contributed by atoms with van der Waals surface area (Å²) in [5.74, 6) is 1.59. The van der Waals surface area contributed by atoms with Crippen LogP contribution in [-0.4, -0.2) is 26.6 Å². The molecule has 3 unspecified atom stereocenters. The molecule has 2 aliphatic rings. The second-order valence-electron chi connectivity index (χ2n) is 6.56. The first-order chi connectivity index (χ1) is 10.9. The molecule has 0 saturated heterocycles. The summed E-state index contributed by atoms with van der Waals surface area (Å²) in [5.41, 5.74) is 1.68. The highest BCUT2D eigenvalue weighted by Crippen LogP contribution is 2.44. The fourth-order valence-corrected chi connectivity index (χ4v) is 4.79. The van der Waals surface area contributed by atoms with E-state index >= 15 is 0 Å². The maximum absolute atomic E-state index is 11.9. The van der Waals surface area contributed by atoms with Gasteiger partial charge >= 0.3 is 0 Å². The molecule has 126 valence electrons. The van der Waals surface area contributed by atoms with Gasteiger partial charge in [-0.15, -0.1) is 0 Å². The Hall–Kier alpha value is -1.18. The molecule has 0 spiro atoms. The molecule has 3 rings (SSSR count). The molecule has 0 radical (unpaired) electrons. The van der Waals surface area contributed by atoms with E-state index in [0.717, 1.165) is 23.1 Å². The third-order valence-corrected chi connectivity index (χ3v) is 6.72. The van der Waals surface area contributed by atoms with Gasteiger partial charge in [0.05, 0.1) is 4.90 Å². The number of benzene rings is 1. The molecule has 2 saturated carbocycles. The Morgan fingerprint density at radius 3 is 2.65 bits per heavy atom. The predicted molar refractivity (Wildman–Crippen MR) is 96.0 cm³/mol. The van der Waals surface area contributed by atoms with Gasteiger partial charge in [0.1, 0.15) is 0 Å². The summed E-state index contributed by atoms with van der Waals surface area (Å²) in [6.45, 7) is 1.93. The molecule has 5 nitrogen and oxygen atoms in total. The molecule has 3 N–H and O–H groups in total. The van der Waals surface area contributed by atoms with Crippen molar-refractivity contribution in [2.24, 2.45) is 11.8 Å². The molecule has 3 atom stereocenters. The van der Waals surface area contributed by atoms with Gasteiger partial charge in [-0.25, -0.2) is 13.1 Å². The van der Waals surface area contributed by atoms with E-state index in [1.54, 1.807) is 18.2 Å². The lowest BCUT2D eigenvalue weighted by Crippen LogP contribution is -2.40. The number of rotatable bonds is 4. The molecule has 1 aromatic carbocycles. The summed E-state index contributed by atoms with van der Waals surface area (Å²) < 4.78 is 26.2. The average molecular weight is 354 g/mol. The van der Waals surface area contributed by atoms with E-state index in [1.165, 1.54) is 32.7 Å². The highest BCUT2D eigenvalue weighted by atomic mass is 32.2. The fourth-order valence-electron chi connectivity index (χ4n) is 3.77. The van der Waals surface area contributed by atoms with E-state index in [1.807, 2.05) is 6.92 Å². The number of aryl methyl sites for hydroxylation is 1. The van der Waals surface area contributed by atoms with Crippen molar-refractivity contribution in [1.82, 2.24) is 10.0 Å². The van der Waals surface area contributed by atoms with Crippen LogP contribution in [0, 0.1) is 18.8 Å². The first-order valence-corrected chi connectivity index (χ1v) is 9.90. The SMILES string of the molecule is CNS(=O)(=O)c1ccc(C)c(NC(=S)NC2CC3CCC2C3)c1. The van der Waals surface area contributed by atoms with E-state index in [2.05, 4.69) is 15.4 Å². The fraction of sp³-hybridized carbons (Fsp3) is 0.562. The summed E-state index contributed by atoms with van der Waals surface area (Å²) in [6, 6.07) is 5.46. The molecule has 0 heterocycles. The van der Waals surface area contributed by atoms with Crippen LogP contribution in [0.5, 0.6) is 0 Å². The maximum atomic E-state index is 11.9. The van der Waals surface area contributed by atoms with Crippen molar-refractivity contribution >= 4 is 33.0 Å². The largest absolute Gasteiger partial charge is 0.359 e. The summed E-state index contributed by atoms with van der Waals surface area (Å²) in [5, 5.41) is 7.15. The van der Waals surface area contributed by atoms with Crippen LogP contribution in [0.2, 0.25) is 0 Å². The van der Waals surface area contributed by atoms with Gasteiger partial charge in [0.25, 0.3) is 0 Å². The highest BCUT2D eigenvalue weighted by Gasteiger charge is 2.39. The van der Waals surface area contributed by atoms with Crippen molar-refractivity contribution in [2.45, 2.75) is 43.5 Å². The third kappa shape index (κ3) is 3.51. The Labute approximate surface area is 143 Å². The lowest BCUT2D eigenvalue weighted by Gasteiger charge is -2.25. The van der Waals surface area contributed by atoms with Gasteiger partial charge in [-0.3, -0.25) is 0 Å². The van der Waals surface area contributed by atoms with Crippen molar-refractivity contribution in [2.75, 3.05) is 12.4 Å². The van der Waals surface area contributed by atoms with Gasteiger partial charge in [0, 0.05) is 11.7 Å². The van der Waals surface area contributed by atoms with Crippen LogP contribution in [0.3, 0.4) is 0 Å². The van der Waals surface area contributed by atoms with Crippen molar-refractivity contribution in [3.63, 3.8) is 0 Å². The molecule has 7 heteroatoms. The van der Waals surface area contributed by atoms with E-state index in [0.29, 0.717) is 11.2 Å². The van der Waals surface area contributed by atoms with Crippen LogP contribution in [-0.2, 0) is 10.0 Å². The highest BCUT2D eigenvalue weighted by molar-refractivity contribution is 7.89. The monoisotopic (exact) mass is 353 g/mol. The first kappa shape index (κ1) is 16.7. The second kappa shape index (κ2) is 6.37. The summed E-state index contributed by atoms with van der Waals surface area (Å²) in [4.78, 5) is 0.232. The molecule has 23 heavy (non-hydrogen) atoms. The van der Waals surface area contributed by atoms with Crippen LogP contribution in [0.15, 0.2) is 23.1 Å². The zero-order valence-corrected chi connectivity index (χ0v) is 15.1. The Balaban J connectivity index is 1.69. The smallest absolute Gasteiger partial charge is 0.240 e. The molecule has 0 aromatic heterocycles. The summed E-state index contributed by atoms with van der Waals surface area (Å²) in [7, 11) is -2.05. The van der Waals surface area contributed by atoms with Crippen LogP contribution >= 0.6 is 12.2 Å². The van der Waals surface area contributed by atoms with E-state index in [-0.39, 0.29) is 4.90 Å². The van der Waals surface area contributed by atoms with E-state index in [9.17, 15) is 8.42 Å². The lowest BCUT2D eigenvalue weighted by atomic mass is 9.95. The van der Waals surface area contributed by atoms with Crippen LogP contribution in [0.25, 0.3) is 0 Å². The first-order valence-electron chi connectivity index (χ1n) is 8.01. The normalized spacial score (nSPS) is 26.3. The van der Waals surface area contributed by atoms with Crippen LogP contribution in [0.1, 0.15) is 31.2 Å². The number of thiocarbonyl (C=S) groups is 1. The number of sulfonamides is 1. The number of fused-ring (bicyclic) bond motifs is 2. The average Bonchev–Trinajstić information content (AvgIpc) is 3.12. The Bertz CT molecular complexity index is 718. The van der Waals surface area contributed by atoms with Crippen LogP contribution in [0.4, 0.5) is 5.69 Å². The minimum atomic E-state index is -3.46. The maximum Gasteiger partial charge on any atom is 0.240 e. The molecule has 0 aliphatic heterocycles. The molecule has 2 bridgehead atoms. The standard InChI is InChI=1S/C16H23N3O2S2/c1-10-3-6-13(23(20,21)17-2)9-14(10)18-16(22)19-15-8-11-4-5-12(15)7-11/h3,6,9,11-12,15,17H,4-5,7-8H2,1-2H3,(H2,18,19,22).